The van der Waals surface area contributed by atoms with E-state index in [1.807, 2.05) is 31.3 Å². The molecule has 0 aliphatic carbocycles. The van der Waals surface area contributed by atoms with E-state index < -0.39 is 5.72 Å². The molecule has 1 aromatic carbocycles. The minimum Gasteiger partial charge on any atom is -0.370 e. The molecule has 6 nitrogen and oxygen atoms in total. The fourth-order valence-electron chi connectivity index (χ4n) is 3.55. The van der Waals surface area contributed by atoms with Crippen molar-refractivity contribution < 1.29 is 9.53 Å². The number of imidazole rings is 1. The molecular formula is C20H26N4O2. The lowest BCUT2D eigenvalue weighted by Gasteiger charge is -2.32. The Balaban J connectivity index is 2.21. The second kappa shape index (κ2) is 7.41. The molecule has 3 rings (SSSR count). The summed E-state index contributed by atoms with van der Waals surface area (Å²) in [7, 11) is 1.70. The molecule has 138 valence electrons. The van der Waals surface area contributed by atoms with Gasteiger partial charge in [-0.05, 0) is 32.3 Å². The summed E-state index contributed by atoms with van der Waals surface area (Å²) in [6, 6.07) is 8.07. The van der Waals surface area contributed by atoms with Crippen molar-refractivity contribution in [2.24, 2.45) is 5.73 Å². The van der Waals surface area contributed by atoms with Crippen LogP contribution < -0.4 is 5.73 Å². The van der Waals surface area contributed by atoms with E-state index >= 15 is 0 Å². The third kappa shape index (κ3) is 3.29. The highest BCUT2D eigenvalue weighted by atomic mass is 16.5. The average Bonchev–Trinajstić information content (AvgIpc) is 3.01. The number of ether oxygens (including phenoxy) is 1. The first kappa shape index (κ1) is 18.3. The predicted molar refractivity (Wildman–Crippen MR) is 103 cm³/mol. The Labute approximate surface area is 153 Å². The minimum absolute atomic E-state index is 0.289. The van der Waals surface area contributed by atoms with Gasteiger partial charge < -0.3 is 10.5 Å². The van der Waals surface area contributed by atoms with Crippen LogP contribution in [0.2, 0.25) is 0 Å². The van der Waals surface area contributed by atoms with Gasteiger partial charge in [-0.3, -0.25) is 14.3 Å². The zero-order valence-electron chi connectivity index (χ0n) is 15.7. The van der Waals surface area contributed by atoms with E-state index in [-0.39, 0.29) is 5.91 Å². The number of fused-ring (bicyclic) bond motifs is 3. The van der Waals surface area contributed by atoms with E-state index in [0.717, 1.165) is 40.6 Å². The second-order valence-electron chi connectivity index (χ2n) is 6.82. The van der Waals surface area contributed by atoms with E-state index in [9.17, 15) is 4.79 Å². The Hall–Kier alpha value is -2.47. The number of nitrogens with zero attached hydrogens (tertiary/aromatic N) is 3. The van der Waals surface area contributed by atoms with E-state index in [0.29, 0.717) is 19.3 Å². The van der Waals surface area contributed by atoms with Crippen LogP contribution in [0.1, 0.15) is 45.4 Å². The topological polar surface area (TPSA) is 83.0 Å². The van der Waals surface area contributed by atoms with Crippen LogP contribution in [-0.4, -0.2) is 27.6 Å². The van der Waals surface area contributed by atoms with Gasteiger partial charge in [0.2, 0.25) is 5.91 Å². The summed E-state index contributed by atoms with van der Waals surface area (Å²) in [5.74, 6) is 0.687. The molecule has 1 amide bonds. The first-order valence-electron chi connectivity index (χ1n) is 9.09. The van der Waals surface area contributed by atoms with Gasteiger partial charge in [0.05, 0.1) is 17.2 Å². The van der Waals surface area contributed by atoms with Crippen LogP contribution in [0.5, 0.6) is 0 Å². The molecule has 6 heteroatoms. The molecule has 2 N–H and O–H groups in total. The number of hydrogen-bond acceptors (Lipinski definition) is 4. The number of aromatic nitrogens is 3. The highest BCUT2D eigenvalue weighted by Crippen LogP contribution is 2.34. The molecular weight excluding hydrogens is 328 g/mol. The second-order valence-corrected chi connectivity index (χ2v) is 6.82. The summed E-state index contributed by atoms with van der Waals surface area (Å²) in [5, 5.41) is 1.05. The molecule has 0 aliphatic heterocycles. The van der Waals surface area contributed by atoms with E-state index in [4.69, 9.17) is 15.5 Å². The van der Waals surface area contributed by atoms with Crippen molar-refractivity contribution in [1.82, 2.24) is 14.5 Å². The number of benzene rings is 1. The highest BCUT2D eigenvalue weighted by molar-refractivity contribution is 6.02. The maximum absolute atomic E-state index is 11.2. The van der Waals surface area contributed by atoms with E-state index in [2.05, 4.69) is 22.5 Å². The molecule has 0 radical (unpaired) electrons. The Morgan fingerprint density at radius 3 is 2.77 bits per heavy atom. The summed E-state index contributed by atoms with van der Waals surface area (Å²) >= 11 is 0. The Kier molecular flexibility index (Phi) is 5.23. The first-order valence-corrected chi connectivity index (χ1v) is 9.09. The van der Waals surface area contributed by atoms with Crippen LogP contribution in [0, 0.1) is 0 Å². The van der Waals surface area contributed by atoms with Crippen molar-refractivity contribution in [2.75, 3.05) is 7.11 Å². The Bertz CT molecular complexity index is 934. The summed E-state index contributed by atoms with van der Waals surface area (Å²) in [4.78, 5) is 20.5. The monoisotopic (exact) mass is 354 g/mol. The lowest BCUT2D eigenvalue weighted by Crippen LogP contribution is -2.34. The lowest BCUT2D eigenvalue weighted by molar-refractivity contribution is -0.118. The fraction of sp³-hybridized carbons (Fsp3) is 0.450. The van der Waals surface area contributed by atoms with Gasteiger partial charge in [-0.1, -0.05) is 25.1 Å². The molecule has 1 atom stereocenters. The smallest absolute Gasteiger partial charge is 0.217 e. The normalized spacial score (nSPS) is 14.0. The van der Waals surface area contributed by atoms with Gasteiger partial charge in [-0.15, -0.1) is 0 Å². The number of hydrogen-bond donors (Lipinski definition) is 1. The molecule has 0 saturated heterocycles. The number of primary amides is 1. The number of carbonyl (C=O) groups is 1. The van der Waals surface area contributed by atoms with E-state index in [1.165, 1.54) is 0 Å². The van der Waals surface area contributed by atoms with Gasteiger partial charge in [-0.25, -0.2) is 4.98 Å². The third-order valence-electron chi connectivity index (χ3n) is 4.91. The number of methoxy groups -OCH3 is 1. The molecule has 3 aromatic rings. The van der Waals surface area contributed by atoms with Crippen LogP contribution in [0.15, 0.2) is 30.5 Å². The summed E-state index contributed by atoms with van der Waals surface area (Å²) in [6.07, 6.45) is 5.33. The Morgan fingerprint density at radius 2 is 2.08 bits per heavy atom. The number of aryl methyl sites for hydroxylation is 1. The maximum atomic E-state index is 11.2. The molecule has 2 heterocycles. The third-order valence-corrected chi connectivity index (χ3v) is 4.91. The van der Waals surface area contributed by atoms with Crippen LogP contribution in [0.25, 0.3) is 21.9 Å². The SMILES string of the molecule is CCCc1nc2cnc3ccccc3c2n1C(C)(CCCC(N)=O)OC. The van der Waals surface area contributed by atoms with E-state index in [1.54, 1.807) is 7.11 Å². The van der Waals surface area contributed by atoms with Gasteiger partial charge in [-0.2, -0.15) is 0 Å². The number of rotatable bonds is 8. The number of pyridine rings is 1. The minimum atomic E-state index is -0.612. The molecule has 0 fully saturated rings. The van der Waals surface area contributed by atoms with Crippen LogP contribution >= 0.6 is 0 Å². The average molecular weight is 354 g/mol. The largest absolute Gasteiger partial charge is 0.370 e. The maximum Gasteiger partial charge on any atom is 0.217 e. The van der Waals surface area contributed by atoms with Crippen molar-refractivity contribution in [3.05, 3.63) is 36.3 Å². The van der Waals surface area contributed by atoms with Crippen molar-refractivity contribution in [2.45, 2.75) is 51.7 Å². The molecule has 0 aliphatic rings. The predicted octanol–water partition coefficient (Wildman–Crippen LogP) is 3.51. The quantitative estimate of drug-likeness (QED) is 0.671. The number of nitrogens with two attached hydrogens (primary N) is 1. The molecule has 26 heavy (non-hydrogen) atoms. The standard InChI is InChI=1S/C20H26N4O2/c1-4-8-18-23-16-13-22-15-10-6-5-9-14(15)19(16)24(18)20(2,26-3)12-7-11-17(21)25/h5-6,9-10,13H,4,7-8,11-12H2,1-3H3,(H2,21,25). The summed E-state index contributed by atoms with van der Waals surface area (Å²) in [5.41, 5.74) is 7.53. The highest BCUT2D eigenvalue weighted by Gasteiger charge is 2.31. The first-order chi connectivity index (χ1) is 12.5. The van der Waals surface area contributed by atoms with Gasteiger partial charge in [0.15, 0.2) is 0 Å². The number of amides is 1. The lowest BCUT2D eigenvalue weighted by atomic mass is 10.1. The summed E-state index contributed by atoms with van der Waals surface area (Å²) < 4.78 is 8.15. The molecule has 0 bridgehead atoms. The van der Waals surface area contributed by atoms with Crippen molar-refractivity contribution in [3.8, 4) is 0 Å². The summed E-state index contributed by atoms with van der Waals surface area (Å²) in [6.45, 7) is 4.18. The van der Waals surface area contributed by atoms with Gasteiger partial charge in [0.25, 0.3) is 0 Å². The molecule has 0 spiro atoms. The van der Waals surface area contributed by atoms with Crippen LogP contribution in [0.4, 0.5) is 0 Å². The Morgan fingerprint density at radius 1 is 1.31 bits per heavy atom. The molecule has 0 saturated carbocycles. The van der Waals surface area contributed by atoms with Crippen molar-refractivity contribution in [3.63, 3.8) is 0 Å². The van der Waals surface area contributed by atoms with Crippen LogP contribution in [-0.2, 0) is 21.7 Å². The fourth-order valence-corrected chi connectivity index (χ4v) is 3.55. The van der Waals surface area contributed by atoms with Gasteiger partial charge in [0, 0.05) is 25.3 Å². The number of carbonyl (C=O) groups excluding carboxylic acids is 1. The number of para-hydroxylation sites is 1. The molecule has 1 unspecified atom stereocenters. The van der Waals surface area contributed by atoms with Gasteiger partial charge in [0.1, 0.15) is 17.1 Å². The molecule has 2 aromatic heterocycles. The van der Waals surface area contributed by atoms with Crippen molar-refractivity contribution in [1.29, 1.82) is 0 Å². The zero-order chi connectivity index (χ0) is 18.7. The van der Waals surface area contributed by atoms with Crippen molar-refractivity contribution >= 4 is 27.8 Å². The van der Waals surface area contributed by atoms with Gasteiger partial charge >= 0.3 is 0 Å². The van der Waals surface area contributed by atoms with Crippen LogP contribution in [0.3, 0.4) is 0 Å². The zero-order valence-corrected chi connectivity index (χ0v) is 15.7.